The Balaban J connectivity index is 4.32. The molecule has 4 N–H and O–H groups in total. The van der Waals surface area contributed by atoms with Gasteiger partial charge in [0, 0.05) is 0 Å². The van der Waals surface area contributed by atoms with Crippen molar-refractivity contribution in [1.82, 2.24) is 0 Å². The molecule has 0 aromatic rings. The van der Waals surface area contributed by atoms with Crippen molar-refractivity contribution in [2.45, 2.75) is 36.9 Å². The van der Waals surface area contributed by atoms with Crippen LogP contribution in [-0.4, -0.2) is 50.6 Å². The summed E-state index contributed by atoms with van der Waals surface area (Å²) in [6.07, 6.45) is -4.63. The van der Waals surface area contributed by atoms with Gasteiger partial charge in [0.05, 0.1) is 25.4 Å². The van der Waals surface area contributed by atoms with Gasteiger partial charge in [0.25, 0.3) is 0 Å². The van der Waals surface area contributed by atoms with Crippen LogP contribution < -0.4 is 0 Å². The van der Waals surface area contributed by atoms with Gasteiger partial charge in [-0.25, -0.2) is 0 Å². The van der Waals surface area contributed by atoms with Crippen LogP contribution in [-0.2, 0) is 0 Å². The van der Waals surface area contributed by atoms with E-state index in [9.17, 15) is 10.2 Å². The molecule has 0 bridgehead atoms. The lowest BCUT2D eigenvalue weighted by Gasteiger charge is -2.25. The van der Waals surface area contributed by atoms with Crippen LogP contribution in [0.15, 0.2) is 0 Å². The predicted octanol–water partition coefficient (Wildman–Crippen LogP) is -1.23. The van der Waals surface area contributed by atoms with Crippen molar-refractivity contribution < 1.29 is 21.8 Å². The van der Waals surface area contributed by atoms with Crippen molar-refractivity contribution in [3.63, 3.8) is 0 Å². The molecule has 4 nitrogen and oxygen atoms in total. The molecular formula is C7H16O4S. The van der Waals surface area contributed by atoms with Crippen molar-refractivity contribution in [1.29, 1.82) is 0 Å². The molecule has 0 rings (SSSR count). The molecule has 0 amide bonds. The highest BCUT2D eigenvalue weighted by molar-refractivity contribution is 7.81. The summed E-state index contributed by atoms with van der Waals surface area (Å²) < 4.78 is 7.31. The minimum Gasteiger partial charge on any atom is -0.394 e. The minimum atomic E-state index is -1.90. The average Bonchev–Trinajstić information content (AvgIpc) is 2.14. The van der Waals surface area contributed by atoms with E-state index < -0.39 is 30.1 Å². The Morgan fingerprint density at radius 3 is 2.25 bits per heavy atom. The van der Waals surface area contributed by atoms with Crippen molar-refractivity contribution in [3.05, 3.63) is 0 Å². The van der Waals surface area contributed by atoms with Gasteiger partial charge in [0.2, 0.25) is 0 Å². The molecule has 1 unspecified atom stereocenters. The van der Waals surface area contributed by atoms with Crippen LogP contribution in [0.1, 0.15) is 14.7 Å². The number of aliphatic hydroxyl groups excluding tert-OH is 3. The van der Waals surface area contributed by atoms with Gasteiger partial charge in [0.15, 0.2) is 0 Å². The van der Waals surface area contributed by atoms with E-state index >= 15 is 0 Å². The van der Waals surface area contributed by atoms with Crippen molar-refractivity contribution >= 4 is 12.6 Å². The number of aliphatic hydroxyl groups is 4. The molecule has 0 heterocycles. The highest BCUT2D eigenvalue weighted by Gasteiger charge is 2.27. The minimum absolute atomic E-state index is 0.0797. The fourth-order valence-electron chi connectivity index (χ4n) is 0.725. The molecule has 0 saturated heterocycles. The Morgan fingerprint density at radius 1 is 1.42 bits per heavy atom. The van der Waals surface area contributed by atoms with E-state index in [0.717, 1.165) is 0 Å². The Kier molecular flexibility index (Phi) is 4.94. The first-order valence-electron chi connectivity index (χ1n) is 4.24. The predicted molar refractivity (Wildman–Crippen MR) is 48.2 cm³/mol. The van der Waals surface area contributed by atoms with E-state index in [1.54, 1.807) is 6.92 Å². The van der Waals surface area contributed by atoms with Crippen LogP contribution in [0.2, 0.25) is 0 Å². The van der Waals surface area contributed by atoms with Gasteiger partial charge in [-0.15, -0.1) is 0 Å². The molecule has 0 aliphatic heterocycles. The van der Waals surface area contributed by atoms with Crippen LogP contribution in [0.3, 0.4) is 0 Å². The summed E-state index contributed by atoms with van der Waals surface area (Å²) in [5.41, 5.74) is 0. The largest absolute Gasteiger partial charge is 0.394 e. The highest BCUT2D eigenvalue weighted by Crippen LogP contribution is 2.13. The van der Waals surface area contributed by atoms with E-state index in [1.165, 1.54) is 0 Å². The Bertz CT molecular complexity index is 155. The fraction of sp³-hybridized carbons (Fsp3) is 1.00. The van der Waals surface area contributed by atoms with Gasteiger partial charge >= 0.3 is 0 Å². The number of rotatable bonds is 5. The SMILES string of the molecule is [2H]C(O)(CC)[C@H](S)[C@H](O)[C@H](O)CO. The summed E-state index contributed by atoms with van der Waals surface area (Å²) in [7, 11) is 0. The van der Waals surface area contributed by atoms with Crippen molar-refractivity contribution in [2.75, 3.05) is 6.61 Å². The molecule has 0 aliphatic carbocycles. The Morgan fingerprint density at radius 2 is 1.92 bits per heavy atom. The van der Waals surface area contributed by atoms with Crippen LogP contribution in [0.25, 0.3) is 0 Å². The molecule has 0 spiro atoms. The van der Waals surface area contributed by atoms with Gasteiger partial charge in [-0.1, -0.05) is 6.92 Å². The molecule has 4 atom stereocenters. The maximum atomic E-state index is 9.34. The van der Waals surface area contributed by atoms with Gasteiger partial charge in [0.1, 0.15) is 6.10 Å². The molecule has 0 aliphatic rings. The lowest BCUT2D eigenvalue weighted by molar-refractivity contribution is -0.0317. The van der Waals surface area contributed by atoms with Crippen molar-refractivity contribution in [2.24, 2.45) is 0 Å². The standard InChI is InChI=1S/C7H16O4S/c1-2-4(9)7(12)6(11)5(10)3-8/h4-12H,2-3H2,1H3/t4?,5-,6-,7+/m1/s1/i4D. The van der Waals surface area contributed by atoms with Crippen LogP contribution in [0.5, 0.6) is 0 Å². The summed E-state index contributed by atoms with van der Waals surface area (Å²) in [4.78, 5) is 0. The normalized spacial score (nSPS) is 25.3. The maximum Gasteiger partial charge on any atom is 0.104 e. The zero-order chi connectivity index (χ0) is 10.6. The van der Waals surface area contributed by atoms with Crippen LogP contribution in [0.4, 0.5) is 0 Å². The summed E-state index contributed by atoms with van der Waals surface area (Å²) in [5.74, 6) is 0. The molecule has 0 fully saturated rings. The third-order valence-electron chi connectivity index (χ3n) is 1.61. The molecule has 0 radical (unpaired) electrons. The molecular weight excluding hydrogens is 180 g/mol. The second-order valence-electron chi connectivity index (χ2n) is 2.53. The smallest absolute Gasteiger partial charge is 0.104 e. The Hall–Kier alpha value is 0.190. The third kappa shape index (κ3) is 3.28. The van der Waals surface area contributed by atoms with Gasteiger partial charge in [-0.2, -0.15) is 12.6 Å². The Labute approximate surface area is 78.7 Å². The lowest BCUT2D eigenvalue weighted by atomic mass is 10.0. The average molecular weight is 197 g/mol. The van der Waals surface area contributed by atoms with Crippen LogP contribution >= 0.6 is 12.6 Å². The number of thiol groups is 1. The first-order valence-corrected chi connectivity index (χ1v) is 4.26. The van der Waals surface area contributed by atoms with Gasteiger partial charge < -0.3 is 20.4 Å². The van der Waals surface area contributed by atoms with E-state index in [2.05, 4.69) is 12.6 Å². The van der Waals surface area contributed by atoms with Gasteiger partial charge in [-0.05, 0) is 6.42 Å². The molecule has 12 heavy (non-hydrogen) atoms. The fourth-order valence-corrected chi connectivity index (χ4v) is 1.11. The third-order valence-corrected chi connectivity index (χ3v) is 2.21. The van der Waals surface area contributed by atoms with E-state index in [1.807, 2.05) is 0 Å². The van der Waals surface area contributed by atoms with E-state index in [4.69, 9.17) is 11.6 Å². The summed E-state index contributed by atoms with van der Waals surface area (Å²) in [5, 5.41) is 35.0. The van der Waals surface area contributed by atoms with Crippen molar-refractivity contribution in [3.8, 4) is 0 Å². The molecule has 0 saturated carbocycles. The van der Waals surface area contributed by atoms with Crippen LogP contribution in [0, 0.1) is 0 Å². The zero-order valence-corrected chi connectivity index (χ0v) is 7.78. The van der Waals surface area contributed by atoms with Gasteiger partial charge in [-0.3, -0.25) is 0 Å². The maximum absolute atomic E-state index is 9.34. The highest BCUT2D eigenvalue weighted by atomic mass is 32.1. The van der Waals surface area contributed by atoms with E-state index in [-0.39, 0.29) is 6.42 Å². The molecule has 74 valence electrons. The quantitative estimate of drug-likeness (QED) is 0.358. The summed E-state index contributed by atoms with van der Waals surface area (Å²) >= 11 is 3.82. The summed E-state index contributed by atoms with van der Waals surface area (Å²) in [6, 6.07) is 0. The topological polar surface area (TPSA) is 80.9 Å². The monoisotopic (exact) mass is 197 g/mol. The second kappa shape index (κ2) is 5.77. The lowest BCUT2D eigenvalue weighted by Crippen LogP contribution is -2.42. The zero-order valence-electron chi connectivity index (χ0n) is 7.88. The molecule has 0 aromatic heterocycles. The number of hydrogen-bond acceptors (Lipinski definition) is 5. The summed E-state index contributed by atoms with van der Waals surface area (Å²) in [6.45, 7) is 0.937. The molecule has 0 aromatic carbocycles. The van der Waals surface area contributed by atoms with E-state index in [0.29, 0.717) is 0 Å². The second-order valence-corrected chi connectivity index (χ2v) is 3.09. The molecule has 5 heteroatoms. The number of hydrogen-bond donors (Lipinski definition) is 5. The first-order chi connectivity index (χ1) is 5.86. The first kappa shape index (κ1) is 10.3.